The van der Waals surface area contributed by atoms with Crippen molar-refractivity contribution in [1.29, 1.82) is 0 Å². The first kappa shape index (κ1) is 13.7. The summed E-state index contributed by atoms with van der Waals surface area (Å²) in [6, 6.07) is 0. The average molecular weight is 238 g/mol. The Bertz CT molecular complexity index is 308. The van der Waals surface area contributed by atoms with E-state index in [1.54, 1.807) is 0 Å². The van der Waals surface area contributed by atoms with Gasteiger partial charge in [-0.25, -0.2) is 4.98 Å². The normalized spacial score (nSPS) is 10.8. The molecule has 96 valence electrons. The maximum Gasteiger partial charge on any atom is 0.288 e. The lowest BCUT2D eigenvalue weighted by Gasteiger charge is -2.05. The molecular formula is C12H22N4O. The number of aromatic amines is 1. The summed E-state index contributed by atoms with van der Waals surface area (Å²) in [6.07, 6.45) is 7.36. The van der Waals surface area contributed by atoms with E-state index in [9.17, 15) is 4.79 Å². The molecular weight excluding hydrogens is 216 g/mol. The lowest BCUT2D eigenvalue weighted by Crippen LogP contribution is -2.25. The Morgan fingerprint density at radius 3 is 2.76 bits per heavy atom. The molecule has 0 aromatic carbocycles. The van der Waals surface area contributed by atoms with Crippen molar-refractivity contribution in [1.82, 2.24) is 20.5 Å². The number of aromatic nitrogens is 3. The molecule has 0 aliphatic heterocycles. The van der Waals surface area contributed by atoms with Crippen LogP contribution in [-0.2, 0) is 0 Å². The smallest absolute Gasteiger partial charge is 0.288 e. The maximum absolute atomic E-state index is 11.4. The third kappa shape index (κ3) is 6.04. The fourth-order valence-corrected chi connectivity index (χ4v) is 1.63. The Morgan fingerprint density at radius 1 is 1.35 bits per heavy atom. The topological polar surface area (TPSA) is 70.7 Å². The van der Waals surface area contributed by atoms with Crippen molar-refractivity contribution in [2.45, 2.75) is 46.0 Å². The fraction of sp³-hybridized carbons (Fsp3) is 0.750. The summed E-state index contributed by atoms with van der Waals surface area (Å²) in [7, 11) is 0. The number of rotatable bonds is 8. The molecule has 1 heterocycles. The van der Waals surface area contributed by atoms with Gasteiger partial charge in [-0.1, -0.05) is 39.5 Å². The monoisotopic (exact) mass is 238 g/mol. The molecule has 0 radical (unpaired) electrons. The van der Waals surface area contributed by atoms with Gasteiger partial charge in [0.05, 0.1) is 0 Å². The van der Waals surface area contributed by atoms with E-state index >= 15 is 0 Å². The van der Waals surface area contributed by atoms with E-state index in [0.29, 0.717) is 6.54 Å². The van der Waals surface area contributed by atoms with Crippen LogP contribution in [0.15, 0.2) is 6.33 Å². The highest BCUT2D eigenvalue weighted by Gasteiger charge is 2.06. The van der Waals surface area contributed by atoms with Gasteiger partial charge in [-0.05, 0) is 12.3 Å². The Morgan fingerprint density at radius 2 is 2.12 bits per heavy atom. The van der Waals surface area contributed by atoms with Crippen molar-refractivity contribution in [2.24, 2.45) is 5.92 Å². The van der Waals surface area contributed by atoms with Crippen LogP contribution < -0.4 is 5.32 Å². The van der Waals surface area contributed by atoms with Gasteiger partial charge in [0, 0.05) is 6.54 Å². The summed E-state index contributed by atoms with van der Waals surface area (Å²) < 4.78 is 0. The van der Waals surface area contributed by atoms with E-state index in [4.69, 9.17) is 0 Å². The van der Waals surface area contributed by atoms with Crippen LogP contribution >= 0.6 is 0 Å². The van der Waals surface area contributed by atoms with Crippen LogP contribution in [-0.4, -0.2) is 27.6 Å². The number of H-pyrrole nitrogens is 1. The van der Waals surface area contributed by atoms with Gasteiger partial charge in [-0.15, -0.1) is 0 Å². The summed E-state index contributed by atoms with van der Waals surface area (Å²) in [4.78, 5) is 15.2. The molecule has 1 aromatic heterocycles. The van der Waals surface area contributed by atoms with Crippen molar-refractivity contribution in [3.63, 3.8) is 0 Å². The zero-order valence-electron chi connectivity index (χ0n) is 10.7. The van der Waals surface area contributed by atoms with E-state index in [0.717, 1.165) is 12.3 Å². The Balaban J connectivity index is 1.96. The summed E-state index contributed by atoms with van der Waals surface area (Å²) in [6.45, 7) is 5.20. The van der Waals surface area contributed by atoms with Crippen molar-refractivity contribution in [2.75, 3.05) is 6.54 Å². The minimum atomic E-state index is -0.176. The second-order valence-electron chi connectivity index (χ2n) is 4.69. The predicted octanol–water partition coefficient (Wildman–Crippen LogP) is 2.14. The molecule has 0 atom stereocenters. The summed E-state index contributed by atoms with van der Waals surface area (Å²) in [5, 5.41) is 8.98. The largest absolute Gasteiger partial charge is 0.349 e. The van der Waals surface area contributed by atoms with Gasteiger partial charge in [0.1, 0.15) is 6.33 Å². The quantitative estimate of drug-likeness (QED) is 0.682. The molecule has 0 saturated carbocycles. The highest BCUT2D eigenvalue weighted by molar-refractivity contribution is 5.90. The van der Waals surface area contributed by atoms with Crippen molar-refractivity contribution < 1.29 is 4.79 Å². The molecule has 0 bridgehead atoms. The minimum Gasteiger partial charge on any atom is -0.349 e. The first-order valence-electron chi connectivity index (χ1n) is 6.33. The number of amides is 1. The van der Waals surface area contributed by atoms with E-state index in [1.807, 2.05) is 0 Å². The Labute approximate surface area is 102 Å². The first-order valence-corrected chi connectivity index (χ1v) is 6.33. The second-order valence-corrected chi connectivity index (χ2v) is 4.69. The lowest BCUT2D eigenvalue weighted by molar-refractivity contribution is 0.0943. The second kappa shape index (κ2) is 7.81. The molecule has 1 amide bonds. The highest BCUT2D eigenvalue weighted by atomic mass is 16.2. The molecule has 0 aliphatic carbocycles. The molecule has 2 N–H and O–H groups in total. The number of hydrogen-bond acceptors (Lipinski definition) is 3. The van der Waals surface area contributed by atoms with Crippen LogP contribution in [0.4, 0.5) is 0 Å². The molecule has 0 fully saturated rings. The molecule has 1 rings (SSSR count). The van der Waals surface area contributed by atoms with Gasteiger partial charge in [-0.3, -0.25) is 9.89 Å². The zero-order chi connectivity index (χ0) is 12.5. The van der Waals surface area contributed by atoms with Crippen LogP contribution in [0.3, 0.4) is 0 Å². The van der Waals surface area contributed by atoms with E-state index in [1.165, 1.54) is 32.0 Å². The number of carbonyl (C=O) groups is 1. The van der Waals surface area contributed by atoms with Crippen LogP contribution in [0.2, 0.25) is 0 Å². The molecule has 0 saturated heterocycles. The van der Waals surface area contributed by atoms with Gasteiger partial charge in [-0.2, -0.15) is 5.10 Å². The minimum absolute atomic E-state index is 0.176. The van der Waals surface area contributed by atoms with Crippen LogP contribution in [0.25, 0.3) is 0 Å². The predicted molar refractivity (Wildman–Crippen MR) is 66.6 cm³/mol. The van der Waals surface area contributed by atoms with Crippen molar-refractivity contribution in [3.8, 4) is 0 Å². The molecule has 0 unspecified atom stereocenters. The number of hydrogen-bond donors (Lipinski definition) is 2. The molecule has 0 aliphatic rings. The van der Waals surface area contributed by atoms with E-state index in [-0.39, 0.29) is 11.7 Å². The summed E-state index contributed by atoms with van der Waals surface area (Å²) in [5.74, 6) is 0.899. The third-order valence-electron chi connectivity index (χ3n) is 2.62. The van der Waals surface area contributed by atoms with Gasteiger partial charge in [0.15, 0.2) is 0 Å². The van der Waals surface area contributed by atoms with Crippen molar-refractivity contribution >= 4 is 5.91 Å². The van der Waals surface area contributed by atoms with Gasteiger partial charge in [0.2, 0.25) is 5.82 Å². The van der Waals surface area contributed by atoms with Gasteiger partial charge < -0.3 is 5.32 Å². The molecule has 1 aromatic rings. The van der Waals surface area contributed by atoms with E-state index in [2.05, 4.69) is 34.3 Å². The summed E-state index contributed by atoms with van der Waals surface area (Å²) in [5.41, 5.74) is 0. The lowest BCUT2D eigenvalue weighted by atomic mass is 10.0. The SMILES string of the molecule is CC(C)CCCCCCNC(=O)c1ncn[nH]1. The molecule has 5 nitrogen and oxygen atoms in total. The number of carbonyl (C=O) groups excluding carboxylic acids is 1. The van der Waals surface area contributed by atoms with Gasteiger partial charge in [0.25, 0.3) is 5.91 Å². The van der Waals surface area contributed by atoms with Crippen LogP contribution in [0, 0.1) is 5.92 Å². The molecule has 17 heavy (non-hydrogen) atoms. The maximum atomic E-state index is 11.4. The Kier molecular flexibility index (Phi) is 6.29. The fourth-order valence-electron chi connectivity index (χ4n) is 1.63. The molecule has 5 heteroatoms. The average Bonchev–Trinajstić information content (AvgIpc) is 2.80. The van der Waals surface area contributed by atoms with Crippen molar-refractivity contribution in [3.05, 3.63) is 12.2 Å². The molecule has 0 spiro atoms. The highest BCUT2D eigenvalue weighted by Crippen LogP contribution is 2.08. The van der Waals surface area contributed by atoms with E-state index < -0.39 is 0 Å². The summed E-state index contributed by atoms with van der Waals surface area (Å²) >= 11 is 0. The van der Waals surface area contributed by atoms with Crippen LogP contribution in [0.1, 0.15) is 56.6 Å². The standard InChI is InChI=1S/C12H22N4O/c1-10(2)7-5-3-4-6-8-13-12(17)11-14-9-15-16-11/h9-10H,3-8H2,1-2H3,(H,13,17)(H,14,15,16). The first-order chi connectivity index (χ1) is 8.20. The third-order valence-corrected chi connectivity index (χ3v) is 2.62. The zero-order valence-corrected chi connectivity index (χ0v) is 10.7. The number of nitrogens with zero attached hydrogens (tertiary/aromatic N) is 2. The number of nitrogens with one attached hydrogen (secondary N) is 2. The number of unbranched alkanes of at least 4 members (excludes halogenated alkanes) is 3. The van der Waals surface area contributed by atoms with Gasteiger partial charge >= 0.3 is 0 Å². The Hall–Kier alpha value is -1.39. The van der Waals surface area contributed by atoms with Crippen LogP contribution in [0.5, 0.6) is 0 Å².